The van der Waals surface area contributed by atoms with Gasteiger partial charge in [-0.15, -0.1) is 0 Å². The number of benzene rings is 1. The van der Waals surface area contributed by atoms with Gasteiger partial charge in [0, 0.05) is 20.6 Å². The highest BCUT2D eigenvalue weighted by Crippen LogP contribution is 2.26. The number of hydrogen-bond acceptors (Lipinski definition) is 3. The fraction of sp³-hybridized carbons (Fsp3) is 0.462. The van der Waals surface area contributed by atoms with Gasteiger partial charge in [-0.25, -0.2) is 4.39 Å². The van der Waals surface area contributed by atoms with E-state index in [-0.39, 0.29) is 18.3 Å². The van der Waals surface area contributed by atoms with E-state index < -0.39 is 0 Å². The normalized spacial score (nSPS) is 10.3. The molecule has 2 N–H and O–H groups in total. The first-order chi connectivity index (χ1) is 8.36. The van der Waals surface area contributed by atoms with E-state index in [0.29, 0.717) is 23.5 Å². The van der Waals surface area contributed by atoms with Crippen molar-refractivity contribution in [1.29, 1.82) is 0 Å². The molecule has 1 aromatic carbocycles. The number of hydrogen-bond donors (Lipinski definition) is 1. The standard InChI is InChI=1S/C13H20FN3O/c1-5-17(8-13(18)16(3)4)12-6-9(2)10(14)7-11(12)15/h6-7H,5,8,15H2,1-4H3. The summed E-state index contributed by atoms with van der Waals surface area (Å²) in [5.41, 5.74) is 7.39. The number of nitrogens with two attached hydrogens (primary N) is 1. The lowest BCUT2D eigenvalue weighted by Crippen LogP contribution is -2.37. The van der Waals surface area contributed by atoms with E-state index in [1.54, 1.807) is 27.1 Å². The lowest BCUT2D eigenvalue weighted by atomic mass is 10.1. The van der Waals surface area contributed by atoms with Gasteiger partial charge in [0.25, 0.3) is 0 Å². The molecule has 0 aliphatic rings. The van der Waals surface area contributed by atoms with Gasteiger partial charge in [0.15, 0.2) is 0 Å². The van der Waals surface area contributed by atoms with Gasteiger partial charge >= 0.3 is 0 Å². The lowest BCUT2D eigenvalue weighted by molar-refractivity contribution is -0.127. The topological polar surface area (TPSA) is 49.6 Å². The first-order valence-electron chi connectivity index (χ1n) is 5.87. The number of nitrogens with zero attached hydrogens (tertiary/aromatic N) is 2. The number of carbonyl (C=O) groups is 1. The third-order valence-corrected chi connectivity index (χ3v) is 2.86. The molecular weight excluding hydrogens is 233 g/mol. The van der Waals surface area contributed by atoms with Crippen LogP contribution in [0.15, 0.2) is 12.1 Å². The summed E-state index contributed by atoms with van der Waals surface area (Å²) in [5, 5.41) is 0. The summed E-state index contributed by atoms with van der Waals surface area (Å²) < 4.78 is 13.3. The fourth-order valence-electron chi connectivity index (χ4n) is 1.63. The number of carbonyl (C=O) groups excluding carboxylic acids is 1. The van der Waals surface area contributed by atoms with Crippen molar-refractivity contribution >= 4 is 17.3 Å². The summed E-state index contributed by atoms with van der Waals surface area (Å²) in [4.78, 5) is 15.1. The van der Waals surface area contributed by atoms with Crippen LogP contribution in [0, 0.1) is 12.7 Å². The Morgan fingerprint density at radius 2 is 2.00 bits per heavy atom. The van der Waals surface area contributed by atoms with Crippen molar-refractivity contribution in [2.24, 2.45) is 0 Å². The quantitative estimate of drug-likeness (QED) is 0.830. The summed E-state index contributed by atoms with van der Waals surface area (Å²) in [6.45, 7) is 4.48. The first-order valence-corrected chi connectivity index (χ1v) is 5.87. The number of rotatable bonds is 4. The molecule has 1 rings (SSSR count). The minimum Gasteiger partial charge on any atom is -0.397 e. The summed E-state index contributed by atoms with van der Waals surface area (Å²) in [6, 6.07) is 2.98. The van der Waals surface area contributed by atoms with Gasteiger partial charge in [0.1, 0.15) is 5.82 Å². The molecule has 0 aromatic heterocycles. The molecular formula is C13H20FN3O. The van der Waals surface area contributed by atoms with Crippen LogP contribution in [0.4, 0.5) is 15.8 Å². The molecule has 100 valence electrons. The highest BCUT2D eigenvalue weighted by Gasteiger charge is 2.15. The Morgan fingerprint density at radius 1 is 1.39 bits per heavy atom. The van der Waals surface area contributed by atoms with Gasteiger partial charge in [-0.1, -0.05) is 0 Å². The lowest BCUT2D eigenvalue weighted by Gasteiger charge is -2.26. The van der Waals surface area contributed by atoms with Crippen molar-refractivity contribution in [3.63, 3.8) is 0 Å². The Morgan fingerprint density at radius 3 is 2.50 bits per heavy atom. The molecule has 0 spiro atoms. The number of anilines is 2. The van der Waals surface area contributed by atoms with E-state index in [1.807, 2.05) is 11.8 Å². The third-order valence-electron chi connectivity index (χ3n) is 2.86. The van der Waals surface area contributed by atoms with E-state index >= 15 is 0 Å². The van der Waals surface area contributed by atoms with E-state index in [4.69, 9.17) is 5.73 Å². The summed E-state index contributed by atoms with van der Waals surface area (Å²) in [6.07, 6.45) is 0. The molecule has 0 aliphatic carbocycles. The Bertz CT molecular complexity index is 446. The van der Waals surface area contributed by atoms with E-state index in [0.717, 1.165) is 0 Å². The van der Waals surface area contributed by atoms with Crippen molar-refractivity contribution < 1.29 is 9.18 Å². The smallest absolute Gasteiger partial charge is 0.241 e. The van der Waals surface area contributed by atoms with Gasteiger partial charge in [0.05, 0.1) is 17.9 Å². The molecule has 0 fully saturated rings. The Kier molecular flexibility index (Phi) is 4.53. The van der Waals surface area contributed by atoms with Crippen LogP contribution < -0.4 is 10.6 Å². The Balaban J connectivity index is 3.02. The minimum atomic E-state index is -0.328. The predicted molar refractivity (Wildman–Crippen MR) is 72.1 cm³/mol. The molecule has 1 amide bonds. The van der Waals surface area contributed by atoms with Crippen molar-refractivity contribution in [1.82, 2.24) is 4.90 Å². The SMILES string of the molecule is CCN(CC(=O)N(C)C)c1cc(C)c(F)cc1N. The second-order valence-electron chi connectivity index (χ2n) is 4.46. The van der Waals surface area contributed by atoms with Gasteiger partial charge in [-0.3, -0.25) is 4.79 Å². The zero-order chi connectivity index (χ0) is 13.9. The summed E-state index contributed by atoms with van der Waals surface area (Å²) >= 11 is 0. The highest BCUT2D eigenvalue weighted by atomic mass is 19.1. The maximum Gasteiger partial charge on any atom is 0.241 e. The van der Waals surface area contributed by atoms with Crippen LogP contribution in [0.25, 0.3) is 0 Å². The molecule has 0 saturated heterocycles. The van der Waals surface area contributed by atoms with Crippen molar-refractivity contribution in [3.8, 4) is 0 Å². The molecule has 0 saturated carbocycles. The van der Waals surface area contributed by atoms with E-state index in [9.17, 15) is 9.18 Å². The zero-order valence-electron chi connectivity index (χ0n) is 11.3. The van der Waals surface area contributed by atoms with Gasteiger partial charge in [0.2, 0.25) is 5.91 Å². The van der Waals surface area contributed by atoms with Crippen LogP contribution in [-0.2, 0) is 4.79 Å². The fourth-order valence-corrected chi connectivity index (χ4v) is 1.63. The highest BCUT2D eigenvalue weighted by molar-refractivity contribution is 5.83. The Labute approximate surface area is 107 Å². The van der Waals surface area contributed by atoms with Crippen LogP contribution >= 0.6 is 0 Å². The number of halogens is 1. The Hall–Kier alpha value is -1.78. The van der Waals surface area contributed by atoms with Crippen LogP contribution in [0.2, 0.25) is 0 Å². The summed E-state index contributed by atoms with van der Waals surface area (Å²) in [5.74, 6) is -0.343. The average molecular weight is 253 g/mol. The summed E-state index contributed by atoms with van der Waals surface area (Å²) in [7, 11) is 3.41. The second-order valence-corrected chi connectivity index (χ2v) is 4.46. The molecule has 0 radical (unpaired) electrons. The number of aryl methyl sites for hydroxylation is 1. The largest absolute Gasteiger partial charge is 0.397 e. The van der Waals surface area contributed by atoms with Crippen LogP contribution in [-0.4, -0.2) is 38.0 Å². The number of likely N-dealkylation sites (N-methyl/N-ethyl adjacent to an activating group) is 2. The molecule has 0 aliphatic heterocycles. The van der Waals surface area contributed by atoms with E-state index in [1.165, 1.54) is 11.0 Å². The van der Waals surface area contributed by atoms with Gasteiger partial charge < -0.3 is 15.5 Å². The molecule has 1 aromatic rings. The molecule has 0 heterocycles. The second kappa shape index (κ2) is 5.71. The molecule has 4 nitrogen and oxygen atoms in total. The van der Waals surface area contributed by atoms with Crippen molar-refractivity contribution in [3.05, 3.63) is 23.5 Å². The molecule has 0 bridgehead atoms. The maximum atomic E-state index is 13.3. The number of amides is 1. The van der Waals surface area contributed by atoms with Crippen LogP contribution in [0.1, 0.15) is 12.5 Å². The molecule has 0 atom stereocenters. The minimum absolute atomic E-state index is 0.0155. The van der Waals surface area contributed by atoms with Gasteiger partial charge in [-0.05, 0) is 31.5 Å². The molecule has 18 heavy (non-hydrogen) atoms. The van der Waals surface area contributed by atoms with Crippen LogP contribution in [0.3, 0.4) is 0 Å². The zero-order valence-corrected chi connectivity index (χ0v) is 11.3. The molecule has 0 unspecified atom stereocenters. The van der Waals surface area contributed by atoms with Crippen molar-refractivity contribution in [2.45, 2.75) is 13.8 Å². The monoisotopic (exact) mass is 253 g/mol. The molecule has 5 heteroatoms. The van der Waals surface area contributed by atoms with E-state index in [2.05, 4.69) is 0 Å². The maximum absolute atomic E-state index is 13.3. The first kappa shape index (κ1) is 14.3. The predicted octanol–water partition coefficient (Wildman–Crippen LogP) is 1.63. The third kappa shape index (κ3) is 3.12. The van der Waals surface area contributed by atoms with Crippen LogP contribution in [0.5, 0.6) is 0 Å². The van der Waals surface area contributed by atoms with Gasteiger partial charge in [-0.2, -0.15) is 0 Å². The average Bonchev–Trinajstić information content (AvgIpc) is 2.30. The van der Waals surface area contributed by atoms with Crippen molar-refractivity contribution in [2.75, 3.05) is 37.8 Å². The number of nitrogen functional groups attached to an aromatic ring is 1.